The summed E-state index contributed by atoms with van der Waals surface area (Å²) in [5, 5.41) is 14.5. The Morgan fingerprint density at radius 2 is 2.22 bits per heavy atom. The number of rotatable bonds is 7. The molecular formula is C16H17F2N5O2S2. The van der Waals surface area contributed by atoms with Gasteiger partial charge in [0.15, 0.2) is 16.8 Å². The van der Waals surface area contributed by atoms with Crippen molar-refractivity contribution in [3.63, 3.8) is 0 Å². The molecule has 0 saturated carbocycles. The highest BCUT2D eigenvalue weighted by Gasteiger charge is 2.22. The molecule has 0 aliphatic carbocycles. The lowest BCUT2D eigenvalue weighted by molar-refractivity contribution is 0.194. The van der Waals surface area contributed by atoms with Crippen molar-refractivity contribution in [3.05, 3.63) is 52.2 Å². The maximum Gasteiger partial charge on any atom is 0.404 e. The smallest absolute Gasteiger partial charge is 0.404 e. The van der Waals surface area contributed by atoms with Crippen LogP contribution in [0.2, 0.25) is 0 Å². The molecule has 2 heterocycles. The second kappa shape index (κ2) is 8.44. The molecule has 1 aromatic heterocycles. The summed E-state index contributed by atoms with van der Waals surface area (Å²) in [7, 11) is 0. The summed E-state index contributed by atoms with van der Waals surface area (Å²) >= 11 is 2.69. The first-order valence-electron chi connectivity index (χ1n) is 7.94. The number of aromatic nitrogens is 1. The first-order valence-corrected chi connectivity index (χ1v) is 9.70. The fraction of sp³-hybridized carbons (Fsp3) is 0.250. The Morgan fingerprint density at radius 3 is 3.00 bits per heavy atom. The van der Waals surface area contributed by atoms with E-state index in [0.29, 0.717) is 23.9 Å². The van der Waals surface area contributed by atoms with E-state index in [4.69, 9.17) is 10.8 Å². The monoisotopic (exact) mass is 413 g/mol. The lowest BCUT2D eigenvalue weighted by atomic mass is 10.2. The van der Waals surface area contributed by atoms with Gasteiger partial charge in [-0.3, -0.25) is 0 Å². The third-order valence-electron chi connectivity index (χ3n) is 3.68. The van der Waals surface area contributed by atoms with E-state index in [0.717, 1.165) is 16.6 Å². The van der Waals surface area contributed by atoms with Crippen LogP contribution < -0.4 is 16.4 Å². The largest absolute Gasteiger partial charge is 0.465 e. The number of anilines is 1. The van der Waals surface area contributed by atoms with E-state index >= 15 is 0 Å². The van der Waals surface area contributed by atoms with Crippen molar-refractivity contribution in [3.8, 4) is 0 Å². The summed E-state index contributed by atoms with van der Waals surface area (Å²) in [6, 6.07) is 4.11. The predicted molar refractivity (Wildman–Crippen MR) is 102 cm³/mol. The van der Waals surface area contributed by atoms with Gasteiger partial charge < -0.3 is 25.8 Å². The molecule has 3 rings (SSSR count). The zero-order valence-electron chi connectivity index (χ0n) is 14.0. The fourth-order valence-electron chi connectivity index (χ4n) is 2.47. The molecule has 0 bridgehead atoms. The van der Waals surface area contributed by atoms with E-state index in [2.05, 4.69) is 15.6 Å². The molecule has 2 aromatic rings. The molecule has 0 radical (unpaired) electrons. The van der Waals surface area contributed by atoms with E-state index < -0.39 is 17.7 Å². The van der Waals surface area contributed by atoms with Crippen molar-refractivity contribution >= 4 is 40.2 Å². The first-order chi connectivity index (χ1) is 12.9. The van der Waals surface area contributed by atoms with Crippen molar-refractivity contribution in [2.45, 2.75) is 12.3 Å². The van der Waals surface area contributed by atoms with Gasteiger partial charge in [0, 0.05) is 30.6 Å². The second-order valence-corrected chi connectivity index (χ2v) is 7.72. The molecule has 1 aliphatic rings. The Labute approximate surface area is 162 Å². The van der Waals surface area contributed by atoms with Gasteiger partial charge in [0.1, 0.15) is 5.69 Å². The quantitative estimate of drug-likeness (QED) is 0.409. The number of nitrogens with one attached hydrogen (secondary N) is 2. The maximum absolute atomic E-state index is 13.8. The van der Waals surface area contributed by atoms with Crippen LogP contribution in [0.1, 0.15) is 16.1 Å². The Kier molecular flexibility index (Phi) is 6.01. The Balaban J connectivity index is 1.69. The summed E-state index contributed by atoms with van der Waals surface area (Å²) < 4.78 is 29.1. The minimum absolute atomic E-state index is 0.225. The molecule has 0 saturated heterocycles. The van der Waals surface area contributed by atoms with Crippen LogP contribution in [0.4, 0.5) is 18.7 Å². The molecule has 144 valence electrons. The normalized spacial score (nSPS) is 13.1. The van der Waals surface area contributed by atoms with Gasteiger partial charge in [-0.05, 0) is 18.0 Å². The zero-order valence-corrected chi connectivity index (χ0v) is 15.7. The van der Waals surface area contributed by atoms with E-state index in [-0.39, 0.29) is 17.9 Å². The molecular weight excluding hydrogens is 396 g/mol. The molecule has 1 amide bonds. The van der Waals surface area contributed by atoms with Gasteiger partial charge in [-0.15, -0.1) is 0 Å². The Hall–Kier alpha value is -2.53. The minimum atomic E-state index is -1.10. The van der Waals surface area contributed by atoms with Crippen LogP contribution in [0.3, 0.4) is 0 Å². The number of carboxylic acid groups (broad SMARTS) is 1. The van der Waals surface area contributed by atoms with Crippen molar-refractivity contribution in [2.75, 3.05) is 18.8 Å². The fourth-order valence-corrected chi connectivity index (χ4v) is 4.33. The van der Waals surface area contributed by atoms with Crippen LogP contribution in [-0.2, 0) is 12.3 Å². The molecule has 7 nitrogen and oxygen atoms in total. The highest BCUT2D eigenvalue weighted by atomic mass is 32.2. The van der Waals surface area contributed by atoms with Crippen molar-refractivity contribution < 1.29 is 18.7 Å². The summed E-state index contributed by atoms with van der Waals surface area (Å²) in [5.41, 5.74) is 7.51. The van der Waals surface area contributed by atoms with Crippen LogP contribution >= 0.6 is 23.3 Å². The number of benzene rings is 1. The van der Waals surface area contributed by atoms with Crippen LogP contribution in [0.5, 0.6) is 0 Å². The summed E-state index contributed by atoms with van der Waals surface area (Å²) in [6.45, 7) is 1.12. The number of amides is 1. The average Bonchev–Trinajstić information content (AvgIpc) is 3.00. The van der Waals surface area contributed by atoms with E-state index in [1.54, 1.807) is 6.07 Å². The molecule has 27 heavy (non-hydrogen) atoms. The highest BCUT2D eigenvalue weighted by molar-refractivity contribution is 7.96. The van der Waals surface area contributed by atoms with Gasteiger partial charge >= 0.3 is 6.09 Å². The van der Waals surface area contributed by atoms with E-state index in [1.807, 2.05) is 10.5 Å². The number of thiazole rings is 1. The third-order valence-corrected chi connectivity index (χ3v) is 5.55. The molecule has 11 heteroatoms. The van der Waals surface area contributed by atoms with Gasteiger partial charge in [0.25, 0.3) is 0 Å². The number of hydrogen-bond donors (Lipinski definition) is 4. The number of fused-ring (bicyclic) bond motifs is 1. The van der Waals surface area contributed by atoms with Gasteiger partial charge in [0.2, 0.25) is 0 Å². The van der Waals surface area contributed by atoms with Gasteiger partial charge in [0.05, 0.1) is 17.1 Å². The molecule has 5 N–H and O–H groups in total. The van der Waals surface area contributed by atoms with Crippen LogP contribution in [0, 0.1) is 11.6 Å². The number of nitrogens with two attached hydrogens (primary N) is 1. The second-order valence-electron chi connectivity index (χ2n) is 5.59. The number of nitrogens with zero attached hydrogens (tertiary/aromatic N) is 2. The third kappa shape index (κ3) is 4.80. The first kappa shape index (κ1) is 19.2. The predicted octanol–water partition coefficient (Wildman–Crippen LogP) is 2.82. The lowest BCUT2D eigenvalue weighted by Crippen LogP contribution is -2.31. The topological polar surface area (TPSA) is 104 Å². The van der Waals surface area contributed by atoms with Crippen LogP contribution in [-0.4, -0.2) is 33.6 Å². The van der Waals surface area contributed by atoms with E-state index in [9.17, 15) is 13.6 Å². The molecule has 0 fully saturated rings. The molecule has 0 unspecified atom stereocenters. The maximum atomic E-state index is 13.8. The Morgan fingerprint density at radius 1 is 1.41 bits per heavy atom. The number of carbonyl (C=O) groups is 1. The SMILES string of the molecule is Nc1nc2c(s1)CN(SCc1cccc(F)c1F)C=C2NCCNC(=O)O. The lowest BCUT2D eigenvalue weighted by Gasteiger charge is -2.25. The molecule has 0 atom stereocenters. The highest BCUT2D eigenvalue weighted by Crippen LogP contribution is 2.34. The molecule has 1 aliphatic heterocycles. The average molecular weight is 413 g/mol. The van der Waals surface area contributed by atoms with Gasteiger partial charge in [-0.2, -0.15) is 0 Å². The van der Waals surface area contributed by atoms with E-state index in [1.165, 1.54) is 29.4 Å². The van der Waals surface area contributed by atoms with Gasteiger partial charge in [-0.25, -0.2) is 18.6 Å². The number of hydrogen-bond acceptors (Lipinski definition) is 7. The Bertz CT molecular complexity index is 874. The van der Waals surface area contributed by atoms with Crippen molar-refractivity contribution in [1.29, 1.82) is 0 Å². The van der Waals surface area contributed by atoms with Crippen molar-refractivity contribution in [2.24, 2.45) is 0 Å². The van der Waals surface area contributed by atoms with Crippen LogP contribution in [0.25, 0.3) is 5.70 Å². The van der Waals surface area contributed by atoms with Gasteiger partial charge in [-0.1, -0.05) is 23.5 Å². The summed E-state index contributed by atoms with van der Waals surface area (Å²) in [4.78, 5) is 15.8. The van der Waals surface area contributed by atoms with Crippen LogP contribution in [0.15, 0.2) is 24.4 Å². The molecule has 0 spiro atoms. The number of halogens is 2. The number of nitrogen functional groups attached to an aromatic ring is 1. The zero-order chi connectivity index (χ0) is 19.4. The molecule has 1 aromatic carbocycles. The van der Waals surface area contributed by atoms with Crippen molar-refractivity contribution in [1.82, 2.24) is 19.9 Å². The standard InChI is InChI=1S/C16H17F2N5O2S2/c17-10-3-1-2-9(13(10)18)8-26-23-6-11(20-4-5-21-16(24)25)14-12(7-23)27-15(19)22-14/h1-3,6,20-21H,4-5,7-8H2,(H2,19,22)(H,24,25). The summed E-state index contributed by atoms with van der Waals surface area (Å²) in [5.74, 6) is -1.45. The summed E-state index contributed by atoms with van der Waals surface area (Å²) in [6.07, 6.45) is 0.715. The minimum Gasteiger partial charge on any atom is -0.465 e.